The predicted octanol–water partition coefficient (Wildman–Crippen LogP) is 6.47. The highest BCUT2D eigenvalue weighted by Gasteiger charge is 1.94. The Bertz CT molecular complexity index is 290. The molecule has 0 aliphatic carbocycles. The lowest BCUT2D eigenvalue weighted by Gasteiger charge is -2.02. The van der Waals surface area contributed by atoms with E-state index in [-0.39, 0.29) is 0 Å². The lowest BCUT2D eigenvalue weighted by molar-refractivity contribution is 0.248. The molecule has 142 valence electrons. The number of urea groups is 1. The molecule has 0 aromatic carbocycles. The summed E-state index contributed by atoms with van der Waals surface area (Å²) in [5.74, 6) is 0. The van der Waals surface area contributed by atoms with Gasteiger partial charge in [-0.2, -0.15) is 0 Å². The van der Waals surface area contributed by atoms with Crippen molar-refractivity contribution in [3.8, 4) is 0 Å². The molecule has 0 bridgehead atoms. The van der Waals surface area contributed by atoms with Crippen molar-refractivity contribution in [1.82, 2.24) is 5.32 Å². The number of hydrogen-bond donors (Lipinski definition) is 2. The van der Waals surface area contributed by atoms with Gasteiger partial charge in [-0.1, -0.05) is 89.7 Å². The van der Waals surface area contributed by atoms with Crippen molar-refractivity contribution in [2.45, 2.75) is 110 Å². The molecule has 3 nitrogen and oxygen atoms in total. The Hall–Kier alpha value is -0.990. The van der Waals surface area contributed by atoms with Crippen molar-refractivity contribution < 1.29 is 4.79 Å². The van der Waals surface area contributed by atoms with Crippen molar-refractivity contribution in [2.75, 3.05) is 6.54 Å². The first-order valence-corrected chi connectivity index (χ1v) is 10.5. The van der Waals surface area contributed by atoms with Gasteiger partial charge in [-0.05, 0) is 32.1 Å². The zero-order valence-electron chi connectivity index (χ0n) is 16.2. The highest BCUT2D eigenvalue weighted by Crippen LogP contribution is 2.11. The molecule has 0 rings (SSSR count). The van der Waals surface area contributed by atoms with Crippen LogP contribution in [0.4, 0.5) is 4.79 Å². The van der Waals surface area contributed by atoms with E-state index >= 15 is 0 Å². The van der Waals surface area contributed by atoms with Gasteiger partial charge >= 0.3 is 6.03 Å². The molecule has 0 atom stereocenters. The summed E-state index contributed by atoms with van der Waals surface area (Å²) >= 11 is 0. The number of allylic oxidation sites excluding steroid dienone is 2. The van der Waals surface area contributed by atoms with Crippen molar-refractivity contribution in [3.63, 3.8) is 0 Å². The molecule has 0 aliphatic heterocycles. The summed E-state index contributed by atoms with van der Waals surface area (Å²) in [4.78, 5) is 10.5. The van der Waals surface area contributed by atoms with Gasteiger partial charge in [-0.25, -0.2) is 4.79 Å². The number of nitrogens with one attached hydrogen (secondary N) is 1. The Balaban J connectivity index is 3.06. The number of amides is 2. The topological polar surface area (TPSA) is 55.1 Å². The maximum absolute atomic E-state index is 10.5. The molecule has 0 spiro atoms. The number of hydrogen-bond acceptors (Lipinski definition) is 1. The maximum Gasteiger partial charge on any atom is 0.312 e. The standard InChI is InChI=1S/C21H42N2O/c1-2-3-4-5-6-7-8-9-10-11-12-13-14-15-16-17-18-19-20-23-21(22)24/h9-10H,2-8,11-20H2,1H3,(H3,22,23,24)/b10-9-. The van der Waals surface area contributed by atoms with E-state index in [9.17, 15) is 4.79 Å². The van der Waals surface area contributed by atoms with Crippen LogP contribution in [0.25, 0.3) is 0 Å². The van der Waals surface area contributed by atoms with Crippen molar-refractivity contribution >= 4 is 6.03 Å². The van der Waals surface area contributed by atoms with Crippen molar-refractivity contribution in [1.29, 1.82) is 0 Å². The number of carbonyl (C=O) groups is 1. The third-order valence-corrected chi connectivity index (χ3v) is 4.49. The molecule has 0 radical (unpaired) electrons. The Morgan fingerprint density at radius 2 is 1.12 bits per heavy atom. The molecular formula is C21H42N2O. The summed E-state index contributed by atoms with van der Waals surface area (Å²) in [6.07, 6.45) is 25.9. The zero-order valence-corrected chi connectivity index (χ0v) is 16.2. The van der Waals surface area contributed by atoms with Crippen LogP contribution in [0.15, 0.2) is 12.2 Å². The molecule has 24 heavy (non-hydrogen) atoms. The SMILES string of the molecule is CCCCCCCC/C=C\CCCCCCCCCCNC(N)=O. The third kappa shape index (κ3) is 21.0. The Morgan fingerprint density at radius 1 is 0.708 bits per heavy atom. The summed E-state index contributed by atoms with van der Waals surface area (Å²) in [5.41, 5.74) is 5.01. The monoisotopic (exact) mass is 338 g/mol. The summed E-state index contributed by atoms with van der Waals surface area (Å²) in [6, 6.07) is -0.406. The van der Waals surface area contributed by atoms with Gasteiger partial charge < -0.3 is 11.1 Å². The molecule has 0 aliphatic rings. The van der Waals surface area contributed by atoms with Crippen LogP contribution in [0.1, 0.15) is 110 Å². The van der Waals surface area contributed by atoms with Gasteiger partial charge in [0.05, 0.1) is 0 Å². The van der Waals surface area contributed by atoms with E-state index in [2.05, 4.69) is 24.4 Å². The van der Waals surface area contributed by atoms with Crippen LogP contribution in [-0.2, 0) is 0 Å². The molecule has 0 aromatic heterocycles. The summed E-state index contributed by atoms with van der Waals surface area (Å²) < 4.78 is 0. The molecule has 3 N–H and O–H groups in total. The smallest absolute Gasteiger partial charge is 0.312 e. The van der Waals surface area contributed by atoms with Crippen LogP contribution in [0.3, 0.4) is 0 Å². The van der Waals surface area contributed by atoms with Gasteiger partial charge in [-0.15, -0.1) is 0 Å². The molecule has 0 unspecified atom stereocenters. The van der Waals surface area contributed by atoms with Crippen LogP contribution in [0.2, 0.25) is 0 Å². The predicted molar refractivity (Wildman–Crippen MR) is 106 cm³/mol. The van der Waals surface area contributed by atoms with Crippen LogP contribution < -0.4 is 11.1 Å². The Morgan fingerprint density at radius 3 is 1.58 bits per heavy atom. The van der Waals surface area contributed by atoms with E-state index in [0.29, 0.717) is 0 Å². The van der Waals surface area contributed by atoms with Crippen LogP contribution in [0.5, 0.6) is 0 Å². The van der Waals surface area contributed by atoms with E-state index in [4.69, 9.17) is 5.73 Å². The first kappa shape index (κ1) is 23.0. The Kier molecular flexibility index (Phi) is 19.2. The van der Waals surface area contributed by atoms with Crippen LogP contribution >= 0.6 is 0 Å². The van der Waals surface area contributed by atoms with Crippen LogP contribution in [0, 0.1) is 0 Å². The van der Waals surface area contributed by atoms with Gasteiger partial charge in [0.2, 0.25) is 0 Å². The first-order valence-electron chi connectivity index (χ1n) is 10.5. The average Bonchev–Trinajstić information content (AvgIpc) is 2.56. The first-order chi connectivity index (χ1) is 11.8. The van der Waals surface area contributed by atoms with Gasteiger partial charge in [-0.3, -0.25) is 0 Å². The van der Waals surface area contributed by atoms with Crippen molar-refractivity contribution in [3.05, 3.63) is 12.2 Å². The minimum Gasteiger partial charge on any atom is -0.352 e. The second kappa shape index (κ2) is 20.1. The molecule has 0 heterocycles. The summed E-state index contributed by atoms with van der Waals surface area (Å²) in [5, 5.41) is 2.63. The minimum atomic E-state index is -0.406. The largest absolute Gasteiger partial charge is 0.352 e. The molecule has 0 saturated carbocycles. The summed E-state index contributed by atoms with van der Waals surface area (Å²) in [7, 11) is 0. The van der Waals surface area contributed by atoms with E-state index in [1.54, 1.807) is 0 Å². The number of unbranched alkanes of at least 4 members (excludes halogenated alkanes) is 14. The molecule has 0 fully saturated rings. The minimum absolute atomic E-state index is 0.406. The number of nitrogens with two attached hydrogens (primary N) is 1. The van der Waals surface area contributed by atoms with E-state index in [0.717, 1.165) is 13.0 Å². The van der Waals surface area contributed by atoms with Gasteiger partial charge in [0.1, 0.15) is 0 Å². The fraction of sp³-hybridized carbons (Fsp3) is 0.857. The number of carbonyl (C=O) groups excluding carboxylic acids is 1. The molecular weight excluding hydrogens is 296 g/mol. The maximum atomic E-state index is 10.5. The quantitative estimate of drug-likeness (QED) is 0.218. The lowest BCUT2D eigenvalue weighted by Crippen LogP contribution is -2.29. The zero-order chi connectivity index (χ0) is 17.7. The van der Waals surface area contributed by atoms with Crippen molar-refractivity contribution in [2.24, 2.45) is 5.73 Å². The fourth-order valence-corrected chi connectivity index (χ4v) is 2.94. The van der Waals surface area contributed by atoms with Gasteiger partial charge in [0, 0.05) is 6.54 Å². The lowest BCUT2D eigenvalue weighted by atomic mass is 10.1. The van der Waals surface area contributed by atoms with E-state index in [1.807, 2.05) is 0 Å². The number of primary amides is 1. The molecule has 3 heteroatoms. The molecule has 2 amide bonds. The second-order valence-corrected chi connectivity index (χ2v) is 6.94. The highest BCUT2D eigenvalue weighted by molar-refractivity contribution is 5.71. The van der Waals surface area contributed by atoms with Crippen LogP contribution in [-0.4, -0.2) is 12.6 Å². The highest BCUT2D eigenvalue weighted by atomic mass is 16.2. The van der Waals surface area contributed by atoms with E-state index < -0.39 is 6.03 Å². The average molecular weight is 339 g/mol. The Labute approximate surface area is 150 Å². The molecule has 0 aromatic rings. The third-order valence-electron chi connectivity index (χ3n) is 4.49. The number of rotatable bonds is 18. The summed E-state index contributed by atoms with van der Waals surface area (Å²) in [6.45, 7) is 3.00. The second-order valence-electron chi connectivity index (χ2n) is 6.94. The fourth-order valence-electron chi connectivity index (χ4n) is 2.94. The normalized spacial score (nSPS) is 11.2. The van der Waals surface area contributed by atoms with Gasteiger partial charge in [0.15, 0.2) is 0 Å². The van der Waals surface area contributed by atoms with E-state index in [1.165, 1.54) is 96.3 Å². The van der Waals surface area contributed by atoms with Gasteiger partial charge in [0.25, 0.3) is 0 Å². The molecule has 0 saturated heterocycles.